The molecule has 0 fully saturated rings. The third kappa shape index (κ3) is 2.26. The average Bonchev–Trinajstić information content (AvgIpc) is 2.25. The van der Waals surface area contributed by atoms with Crippen LogP contribution in [0.3, 0.4) is 0 Å². The summed E-state index contributed by atoms with van der Waals surface area (Å²) < 4.78 is -1.15. The van der Waals surface area contributed by atoms with Crippen molar-refractivity contribution >= 4 is 52.0 Å². The third-order valence-corrected chi connectivity index (χ3v) is 4.17. The zero-order valence-electron chi connectivity index (χ0n) is 8.13. The summed E-state index contributed by atoms with van der Waals surface area (Å²) in [5.74, 6) is 0. The molecule has 0 radical (unpaired) electrons. The van der Waals surface area contributed by atoms with E-state index in [1.54, 1.807) is 12.2 Å². The van der Waals surface area contributed by atoms with E-state index in [-0.39, 0.29) is 0 Å². The van der Waals surface area contributed by atoms with Gasteiger partial charge in [0, 0.05) is 5.03 Å². The quantitative estimate of drug-likeness (QED) is 0.640. The Balaban J connectivity index is 2.51. The summed E-state index contributed by atoms with van der Waals surface area (Å²) in [4.78, 5) is 0. The molecule has 0 N–H and O–H groups in total. The molecule has 0 aromatic heterocycles. The molecule has 1 aromatic carbocycles. The molecule has 0 saturated heterocycles. The molecule has 0 nitrogen and oxygen atoms in total. The molecule has 1 aromatic rings. The van der Waals surface area contributed by atoms with Crippen molar-refractivity contribution in [1.82, 2.24) is 0 Å². The lowest BCUT2D eigenvalue weighted by molar-refractivity contribution is 0.986. The van der Waals surface area contributed by atoms with Crippen LogP contribution in [0.5, 0.6) is 0 Å². The molecule has 16 heavy (non-hydrogen) atoms. The molecule has 0 saturated carbocycles. The molecule has 2 rings (SSSR count). The first-order valence-electron chi connectivity index (χ1n) is 4.68. The predicted octanol–water partition coefficient (Wildman–Crippen LogP) is 4.99. The summed E-state index contributed by atoms with van der Waals surface area (Å²) in [7, 11) is 0. The summed E-state index contributed by atoms with van der Waals surface area (Å²) >= 11 is 24.5. The first-order valence-corrected chi connectivity index (χ1v) is 6.25. The fourth-order valence-electron chi connectivity index (χ4n) is 1.57. The smallest absolute Gasteiger partial charge is 0.115 e. The Hall–Kier alpha value is -0.140. The van der Waals surface area contributed by atoms with Gasteiger partial charge in [0.15, 0.2) is 4.33 Å². The van der Waals surface area contributed by atoms with Crippen LogP contribution in [0.2, 0.25) is 0 Å². The highest BCUT2D eigenvalue weighted by Crippen LogP contribution is 2.46. The van der Waals surface area contributed by atoms with Gasteiger partial charge in [-0.25, -0.2) is 0 Å². The van der Waals surface area contributed by atoms with Gasteiger partial charge in [0.1, 0.15) is 0 Å². The lowest BCUT2D eigenvalue weighted by Crippen LogP contribution is -2.29. The highest BCUT2D eigenvalue weighted by molar-refractivity contribution is 6.58. The van der Waals surface area contributed by atoms with Gasteiger partial charge >= 0.3 is 0 Å². The van der Waals surface area contributed by atoms with Gasteiger partial charge in [0.05, 0.1) is 5.38 Å². The topological polar surface area (TPSA) is 0 Å². The van der Waals surface area contributed by atoms with E-state index >= 15 is 0 Å². The Morgan fingerprint density at radius 3 is 2.31 bits per heavy atom. The molecule has 1 unspecified atom stereocenters. The van der Waals surface area contributed by atoms with E-state index in [1.807, 2.05) is 30.3 Å². The van der Waals surface area contributed by atoms with Crippen molar-refractivity contribution in [3.8, 4) is 0 Å². The summed E-state index contributed by atoms with van der Waals surface area (Å²) in [6.07, 6.45) is 3.38. The van der Waals surface area contributed by atoms with Gasteiger partial charge in [-0.3, -0.25) is 0 Å². The molecule has 0 amide bonds. The monoisotopic (exact) mass is 292 g/mol. The SMILES string of the molecule is ClC1=CC(Cl)C(Cl)(Cl)C(c2ccccc2)=C1. The minimum atomic E-state index is -1.15. The fourth-order valence-corrected chi connectivity index (χ4v) is 2.57. The molecular formula is C12H8Cl4. The Morgan fingerprint density at radius 1 is 1.06 bits per heavy atom. The van der Waals surface area contributed by atoms with E-state index in [2.05, 4.69) is 0 Å². The summed E-state index contributed by atoms with van der Waals surface area (Å²) in [5.41, 5.74) is 1.65. The van der Waals surface area contributed by atoms with Gasteiger partial charge in [0.2, 0.25) is 0 Å². The average molecular weight is 294 g/mol. The van der Waals surface area contributed by atoms with Crippen LogP contribution >= 0.6 is 46.4 Å². The highest BCUT2D eigenvalue weighted by atomic mass is 35.5. The number of rotatable bonds is 1. The van der Waals surface area contributed by atoms with Crippen LogP contribution in [-0.4, -0.2) is 9.71 Å². The number of benzene rings is 1. The van der Waals surface area contributed by atoms with Crippen molar-refractivity contribution in [2.75, 3.05) is 0 Å². The number of hydrogen-bond donors (Lipinski definition) is 0. The van der Waals surface area contributed by atoms with Crippen molar-refractivity contribution in [1.29, 1.82) is 0 Å². The van der Waals surface area contributed by atoms with E-state index in [9.17, 15) is 0 Å². The van der Waals surface area contributed by atoms with E-state index in [1.165, 1.54) is 0 Å². The fraction of sp³-hybridized carbons (Fsp3) is 0.167. The van der Waals surface area contributed by atoms with E-state index in [4.69, 9.17) is 46.4 Å². The van der Waals surface area contributed by atoms with Gasteiger partial charge in [-0.05, 0) is 23.3 Å². The summed E-state index contributed by atoms with van der Waals surface area (Å²) in [5, 5.41) is 0.0133. The van der Waals surface area contributed by atoms with Crippen LogP contribution in [0, 0.1) is 0 Å². The number of allylic oxidation sites excluding steroid dienone is 4. The molecule has 1 aliphatic rings. The van der Waals surface area contributed by atoms with Crippen molar-refractivity contribution in [2.45, 2.75) is 9.71 Å². The third-order valence-electron chi connectivity index (χ3n) is 2.38. The molecule has 4 heteroatoms. The molecule has 0 heterocycles. The lowest BCUT2D eigenvalue weighted by Gasteiger charge is -2.29. The molecular weight excluding hydrogens is 286 g/mol. The maximum absolute atomic E-state index is 6.25. The Morgan fingerprint density at radius 2 is 1.69 bits per heavy atom. The van der Waals surface area contributed by atoms with E-state index in [0.29, 0.717) is 5.03 Å². The number of halogens is 4. The van der Waals surface area contributed by atoms with E-state index < -0.39 is 9.71 Å². The van der Waals surface area contributed by atoms with Crippen molar-refractivity contribution in [3.63, 3.8) is 0 Å². The molecule has 0 bridgehead atoms. The molecule has 1 aliphatic carbocycles. The van der Waals surface area contributed by atoms with Gasteiger partial charge < -0.3 is 0 Å². The second kappa shape index (κ2) is 4.62. The number of hydrogen-bond acceptors (Lipinski definition) is 0. The van der Waals surface area contributed by atoms with Crippen LogP contribution in [0.4, 0.5) is 0 Å². The minimum Gasteiger partial charge on any atom is -0.115 e. The lowest BCUT2D eigenvalue weighted by atomic mass is 9.96. The van der Waals surface area contributed by atoms with Crippen LogP contribution in [-0.2, 0) is 0 Å². The Kier molecular flexibility index (Phi) is 3.56. The normalized spacial score (nSPS) is 23.6. The van der Waals surface area contributed by atoms with Crippen molar-refractivity contribution < 1.29 is 0 Å². The summed E-state index contributed by atoms with van der Waals surface area (Å²) in [6, 6.07) is 9.59. The molecule has 1 atom stereocenters. The first kappa shape index (κ1) is 12.3. The van der Waals surface area contributed by atoms with Crippen molar-refractivity contribution in [3.05, 3.63) is 53.1 Å². The molecule has 0 aliphatic heterocycles. The second-order valence-electron chi connectivity index (χ2n) is 3.50. The largest absolute Gasteiger partial charge is 0.163 e. The predicted molar refractivity (Wildman–Crippen MR) is 72.4 cm³/mol. The Bertz CT molecular complexity index is 445. The van der Waals surface area contributed by atoms with Gasteiger partial charge in [-0.2, -0.15) is 0 Å². The van der Waals surface area contributed by atoms with Crippen LogP contribution < -0.4 is 0 Å². The molecule has 0 spiro atoms. The van der Waals surface area contributed by atoms with Gasteiger partial charge in [0.25, 0.3) is 0 Å². The van der Waals surface area contributed by atoms with Crippen LogP contribution in [0.15, 0.2) is 47.5 Å². The first-order chi connectivity index (χ1) is 7.51. The maximum Gasteiger partial charge on any atom is 0.163 e. The van der Waals surface area contributed by atoms with Crippen LogP contribution in [0.1, 0.15) is 5.56 Å². The maximum atomic E-state index is 6.25. The van der Waals surface area contributed by atoms with Gasteiger partial charge in [-0.15, -0.1) is 11.6 Å². The zero-order valence-corrected chi connectivity index (χ0v) is 11.2. The zero-order chi connectivity index (χ0) is 11.8. The standard InChI is InChI=1S/C12H8Cl4/c13-9-6-10(8-4-2-1-3-5-8)12(15,16)11(14)7-9/h1-7,11H. The number of alkyl halides is 3. The second-order valence-corrected chi connectivity index (χ2v) is 5.79. The van der Waals surface area contributed by atoms with E-state index in [0.717, 1.165) is 11.1 Å². The highest BCUT2D eigenvalue weighted by Gasteiger charge is 2.39. The summed E-state index contributed by atoms with van der Waals surface area (Å²) in [6.45, 7) is 0. The molecule has 84 valence electrons. The van der Waals surface area contributed by atoms with Crippen LogP contribution in [0.25, 0.3) is 5.57 Å². The van der Waals surface area contributed by atoms with Gasteiger partial charge in [-0.1, -0.05) is 65.1 Å². The van der Waals surface area contributed by atoms with Crippen molar-refractivity contribution in [2.24, 2.45) is 0 Å². The minimum absolute atomic E-state index is 0.538. The Labute approximate surface area is 114 Å².